The Balaban J connectivity index is 0.000000325. The first kappa shape index (κ1) is 14.9. The second-order valence-electron chi connectivity index (χ2n) is 3.72. The van der Waals surface area contributed by atoms with Gasteiger partial charge in [-0.3, -0.25) is 10.2 Å². The molecule has 0 aromatic carbocycles. The van der Waals surface area contributed by atoms with Crippen LogP contribution in [0.4, 0.5) is 0 Å². The normalized spacial score (nSPS) is 15.7. The minimum absolute atomic E-state index is 0.0142. The Kier molecular flexibility index (Phi) is 8.52. The van der Waals surface area contributed by atoms with Crippen LogP contribution in [0.2, 0.25) is 0 Å². The minimum atomic E-state index is -0.0142. The summed E-state index contributed by atoms with van der Waals surface area (Å²) in [6.07, 6.45) is 5.74. The molecule has 0 spiro atoms. The highest BCUT2D eigenvalue weighted by atomic mass is 16.6. The number of methoxy groups -OCH3 is 1. The van der Waals surface area contributed by atoms with Gasteiger partial charge < -0.3 is 9.57 Å². The highest BCUT2D eigenvalue weighted by molar-refractivity contribution is 5.72. The van der Waals surface area contributed by atoms with E-state index >= 15 is 0 Å². The van der Waals surface area contributed by atoms with E-state index in [1.807, 2.05) is 0 Å². The van der Waals surface area contributed by atoms with Gasteiger partial charge in [0.2, 0.25) is 5.90 Å². The zero-order chi connectivity index (χ0) is 12.4. The number of hydrogen-bond donors (Lipinski definition) is 2. The van der Waals surface area contributed by atoms with E-state index in [-0.39, 0.29) is 17.8 Å². The maximum Gasteiger partial charge on any atom is 0.308 e. The van der Waals surface area contributed by atoms with Crippen LogP contribution in [0.15, 0.2) is 0 Å². The summed E-state index contributed by atoms with van der Waals surface area (Å²) in [7, 11) is 3.08. The standard InChI is InChI=1S/C8H14O2.C3H8N2O/c1-10-8(9)7-5-3-2-4-6-7;1-3(4)6-5-2/h7H,2-6H2,1H3;4-5H,1-2H3. The van der Waals surface area contributed by atoms with Crippen LogP contribution < -0.4 is 5.48 Å². The molecule has 1 rings (SSSR count). The molecule has 0 amide bonds. The lowest BCUT2D eigenvalue weighted by Gasteiger charge is -2.18. The van der Waals surface area contributed by atoms with Crippen molar-refractivity contribution in [3.63, 3.8) is 0 Å². The molecule has 1 aliphatic carbocycles. The molecule has 0 aromatic heterocycles. The molecular formula is C11H22N2O3. The SMILES string of the molecule is CNOC(C)=N.COC(=O)C1CCCCC1. The molecule has 16 heavy (non-hydrogen) atoms. The Morgan fingerprint density at radius 3 is 2.19 bits per heavy atom. The molecule has 0 bridgehead atoms. The Bertz CT molecular complexity index is 213. The number of rotatable bonds is 2. The van der Waals surface area contributed by atoms with Crippen molar-refractivity contribution in [1.82, 2.24) is 5.48 Å². The second-order valence-corrected chi connectivity index (χ2v) is 3.72. The lowest BCUT2D eigenvalue weighted by molar-refractivity contribution is -0.146. The van der Waals surface area contributed by atoms with Crippen LogP contribution in [0.3, 0.4) is 0 Å². The van der Waals surface area contributed by atoms with E-state index in [1.54, 1.807) is 14.0 Å². The summed E-state index contributed by atoms with van der Waals surface area (Å²) in [5.41, 5.74) is 2.34. The van der Waals surface area contributed by atoms with Crippen LogP contribution >= 0.6 is 0 Å². The third kappa shape index (κ3) is 7.23. The lowest BCUT2D eigenvalue weighted by Crippen LogP contribution is -2.18. The van der Waals surface area contributed by atoms with Gasteiger partial charge in [0.15, 0.2) is 0 Å². The van der Waals surface area contributed by atoms with Gasteiger partial charge in [-0.2, -0.15) is 5.48 Å². The first-order valence-corrected chi connectivity index (χ1v) is 5.58. The van der Waals surface area contributed by atoms with E-state index < -0.39 is 0 Å². The monoisotopic (exact) mass is 230 g/mol. The maximum absolute atomic E-state index is 10.9. The van der Waals surface area contributed by atoms with Gasteiger partial charge in [0.1, 0.15) is 0 Å². The van der Waals surface area contributed by atoms with E-state index in [4.69, 9.17) is 5.41 Å². The summed E-state index contributed by atoms with van der Waals surface area (Å²) in [6, 6.07) is 0. The van der Waals surface area contributed by atoms with E-state index in [9.17, 15) is 4.79 Å². The van der Waals surface area contributed by atoms with Crippen molar-refractivity contribution < 1.29 is 14.4 Å². The molecule has 0 aromatic rings. The van der Waals surface area contributed by atoms with E-state index in [0.29, 0.717) is 0 Å². The van der Waals surface area contributed by atoms with Crippen LogP contribution in [-0.2, 0) is 14.4 Å². The molecule has 5 nitrogen and oxygen atoms in total. The fraction of sp³-hybridized carbons (Fsp3) is 0.818. The first-order valence-electron chi connectivity index (χ1n) is 5.58. The van der Waals surface area contributed by atoms with Gasteiger partial charge in [0, 0.05) is 14.0 Å². The van der Waals surface area contributed by atoms with Gasteiger partial charge in [0.05, 0.1) is 13.0 Å². The quantitative estimate of drug-likeness (QED) is 0.329. The lowest BCUT2D eigenvalue weighted by atomic mass is 9.89. The van der Waals surface area contributed by atoms with Crippen molar-refractivity contribution in [2.24, 2.45) is 5.92 Å². The Morgan fingerprint density at radius 2 is 1.88 bits per heavy atom. The highest BCUT2D eigenvalue weighted by Gasteiger charge is 2.20. The maximum atomic E-state index is 10.9. The third-order valence-corrected chi connectivity index (χ3v) is 2.39. The number of nitrogens with one attached hydrogen (secondary N) is 2. The Labute approximate surface area is 97.0 Å². The van der Waals surface area contributed by atoms with Gasteiger partial charge in [-0.1, -0.05) is 19.3 Å². The topological polar surface area (TPSA) is 71.4 Å². The zero-order valence-electron chi connectivity index (χ0n) is 10.3. The zero-order valence-corrected chi connectivity index (χ0v) is 10.3. The minimum Gasteiger partial charge on any atom is -0.469 e. The molecule has 0 heterocycles. The molecule has 0 aliphatic heterocycles. The predicted molar refractivity (Wildman–Crippen MR) is 62.1 cm³/mol. The number of esters is 1. The fourth-order valence-electron chi connectivity index (χ4n) is 1.66. The van der Waals surface area contributed by atoms with Gasteiger partial charge in [0.25, 0.3) is 0 Å². The number of hydrogen-bond acceptors (Lipinski definition) is 5. The van der Waals surface area contributed by atoms with E-state index in [0.717, 1.165) is 12.8 Å². The largest absolute Gasteiger partial charge is 0.469 e. The summed E-state index contributed by atoms with van der Waals surface area (Å²) >= 11 is 0. The molecule has 1 saturated carbocycles. The summed E-state index contributed by atoms with van der Waals surface area (Å²) in [6.45, 7) is 1.55. The van der Waals surface area contributed by atoms with Crippen LogP contribution in [0.5, 0.6) is 0 Å². The van der Waals surface area contributed by atoms with Crippen molar-refractivity contribution in [3.8, 4) is 0 Å². The third-order valence-electron chi connectivity index (χ3n) is 2.39. The van der Waals surface area contributed by atoms with Crippen molar-refractivity contribution in [1.29, 1.82) is 5.41 Å². The number of ether oxygens (including phenoxy) is 1. The Hall–Kier alpha value is -1.10. The smallest absolute Gasteiger partial charge is 0.308 e. The first-order chi connectivity index (χ1) is 7.61. The van der Waals surface area contributed by atoms with Gasteiger partial charge in [-0.15, -0.1) is 0 Å². The van der Waals surface area contributed by atoms with Crippen molar-refractivity contribution in [2.45, 2.75) is 39.0 Å². The summed E-state index contributed by atoms with van der Waals surface area (Å²) in [5, 5.41) is 6.61. The van der Waals surface area contributed by atoms with Gasteiger partial charge >= 0.3 is 5.97 Å². The van der Waals surface area contributed by atoms with Gasteiger partial charge in [-0.05, 0) is 12.8 Å². The molecule has 5 heteroatoms. The van der Waals surface area contributed by atoms with Crippen LogP contribution in [0, 0.1) is 11.3 Å². The van der Waals surface area contributed by atoms with Crippen LogP contribution in [-0.4, -0.2) is 26.0 Å². The molecule has 94 valence electrons. The average molecular weight is 230 g/mol. The average Bonchev–Trinajstić information content (AvgIpc) is 2.30. The summed E-state index contributed by atoms with van der Waals surface area (Å²) in [4.78, 5) is 15.3. The number of carbonyl (C=O) groups is 1. The molecule has 0 atom stereocenters. The van der Waals surface area contributed by atoms with Crippen molar-refractivity contribution >= 4 is 11.9 Å². The molecule has 1 aliphatic rings. The number of hydroxylamine groups is 1. The highest BCUT2D eigenvalue weighted by Crippen LogP contribution is 2.24. The van der Waals surface area contributed by atoms with E-state index in [1.165, 1.54) is 26.4 Å². The predicted octanol–water partition coefficient (Wildman–Crippen LogP) is 1.87. The second kappa shape index (κ2) is 9.15. The molecule has 0 unspecified atom stereocenters. The summed E-state index contributed by atoms with van der Waals surface area (Å²) in [5.74, 6) is 0.371. The summed E-state index contributed by atoms with van der Waals surface area (Å²) < 4.78 is 4.65. The van der Waals surface area contributed by atoms with Crippen LogP contribution in [0.25, 0.3) is 0 Å². The Morgan fingerprint density at radius 1 is 1.31 bits per heavy atom. The molecule has 0 radical (unpaired) electrons. The van der Waals surface area contributed by atoms with Crippen LogP contribution in [0.1, 0.15) is 39.0 Å². The van der Waals surface area contributed by atoms with E-state index in [2.05, 4.69) is 15.1 Å². The molecular weight excluding hydrogens is 208 g/mol. The fourth-order valence-corrected chi connectivity index (χ4v) is 1.66. The van der Waals surface area contributed by atoms with Gasteiger partial charge in [-0.25, -0.2) is 0 Å². The molecule has 2 N–H and O–H groups in total. The molecule has 1 fully saturated rings. The van der Waals surface area contributed by atoms with Crippen molar-refractivity contribution in [3.05, 3.63) is 0 Å². The number of carbonyl (C=O) groups excluding carboxylic acids is 1. The van der Waals surface area contributed by atoms with Crippen molar-refractivity contribution in [2.75, 3.05) is 14.2 Å². The molecule has 0 saturated heterocycles.